The average Bonchev–Trinajstić information content (AvgIpc) is 3.15. The van der Waals surface area contributed by atoms with Crippen molar-refractivity contribution in [2.75, 3.05) is 6.54 Å². The van der Waals surface area contributed by atoms with E-state index >= 15 is 0 Å². The summed E-state index contributed by atoms with van der Waals surface area (Å²) in [6.45, 7) is 2.56. The van der Waals surface area contributed by atoms with Crippen molar-refractivity contribution in [3.05, 3.63) is 65.7 Å². The quantitative estimate of drug-likeness (QED) is 0.657. The number of aromatic nitrogens is 4. The van der Waals surface area contributed by atoms with Gasteiger partial charge in [0.05, 0.1) is 0 Å². The van der Waals surface area contributed by atoms with Gasteiger partial charge >= 0.3 is 0 Å². The lowest BCUT2D eigenvalue weighted by Crippen LogP contribution is -2.31. The summed E-state index contributed by atoms with van der Waals surface area (Å²) in [5, 5.41) is 14.9. The van der Waals surface area contributed by atoms with Gasteiger partial charge in [0.2, 0.25) is 17.6 Å². The molecule has 2 aromatic carbocycles. The minimum absolute atomic E-state index is 0.0200. The number of benzene rings is 2. The molecule has 1 aromatic heterocycles. The van der Waals surface area contributed by atoms with Crippen LogP contribution in [0.4, 0.5) is 0 Å². The van der Waals surface area contributed by atoms with Crippen LogP contribution < -0.4 is 11.1 Å². The Kier molecular flexibility index (Phi) is 5.55. The molecule has 3 N–H and O–H groups in total. The Balaban J connectivity index is 1.55. The Bertz CT molecular complexity index is 921. The van der Waals surface area contributed by atoms with Crippen LogP contribution in [-0.4, -0.2) is 38.6 Å². The zero-order chi connectivity index (χ0) is 19.2. The van der Waals surface area contributed by atoms with Crippen LogP contribution in [-0.2, 0) is 11.3 Å². The number of nitrogens with two attached hydrogens (primary N) is 1. The van der Waals surface area contributed by atoms with E-state index in [0.717, 1.165) is 0 Å². The fourth-order valence-electron chi connectivity index (χ4n) is 2.56. The molecule has 8 heteroatoms. The SMILES string of the molecule is C[C@H](CNC(=O)Cn1nnc(-c2ccc(C(N)=O)cc2)n1)c1ccccc1. The van der Waals surface area contributed by atoms with Gasteiger partial charge in [0.1, 0.15) is 6.54 Å². The first kappa shape index (κ1) is 18.2. The first-order valence-electron chi connectivity index (χ1n) is 8.52. The van der Waals surface area contributed by atoms with Crippen LogP contribution >= 0.6 is 0 Å². The molecule has 3 rings (SSSR count). The highest BCUT2D eigenvalue weighted by atomic mass is 16.2. The van der Waals surface area contributed by atoms with Gasteiger partial charge in [-0.2, -0.15) is 4.80 Å². The summed E-state index contributed by atoms with van der Waals surface area (Å²) in [4.78, 5) is 24.5. The van der Waals surface area contributed by atoms with E-state index < -0.39 is 5.91 Å². The van der Waals surface area contributed by atoms with Gasteiger partial charge in [0.15, 0.2) is 0 Å². The molecular formula is C19H20N6O2. The van der Waals surface area contributed by atoms with Crippen molar-refractivity contribution < 1.29 is 9.59 Å². The van der Waals surface area contributed by atoms with E-state index in [1.165, 1.54) is 10.4 Å². The lowest BCUT2D eigenvalue weighted by Gasteiger charge is -2.12. The summed E-state index contributed by atoms with van der Waals surface area (Å²) in [7, 11) is 0. The van der Waals surface area contributed by atoms with Gasteiger partial charge in [-0.05, 0) is 28.8 Å². The van der Waals surface area contributed by atoms with Gasteiger partial charge in [-0.1, -0.05) is 49.4 Å². The summed E-state index contributed by atoms with van der Waals surface area (Å²) in [5.74, 6) is -0.111. The van der Waals surface area contributed by atoms with Crippen molar-refractivity contribution in [1.29, 1.82) is 0 Å². The van der Waals surface area contributed by atoms with Gasteiger partial charge in [0, 0.05) is 17.7 Å². The van der Waals surface area contributed by atoms with Crippen molar-refractivity contribution in [2.24, 2.45) is 5.73 Å². The molecule has 0 aliphatic rings. The molecule has 8 nitrogen and oxygen atoms in total. The average molecular weight is 364 g/mol. The zero-order valence-corrected chi connectivity index (χ0v) is 14.9. The molecule has 0 aliphatic heterocycles. The summed E-state index contributed by atoms with van der Waals surface area (Å²) >= 11 is 0. The maximum atomic E-state index is 12.1. The third kappa shape index (κ3) is 4.75. The Morgan fingerprint density at radius 1 is 1.11 bits per heavy atom. The lowest BCUT2D eigenvalue weighted by atomic mass is 10.0. The van der Waals surface area contributed by atoms with Crippen molar-refractivity contribution in [2.45, 2.75) is 19.4 Å². The van der Waals surface area contributed by atoms with Crippen LogP contribution in [0.2, 0.25) is 0 Å². The first-order chi connectivity index (χ1) is 13.0. The number of primary amides is 1. The highest BCUT2D eigenvalue weighted by Gasteiger charge is 2.11. The minimum Gasteiger partial charge on any atom is -0.366 e. The number of carbonyl (C=O) groups excluding carboxylic acids is 2. The number of rotatable bonds is 7. The number of amides is 2. The minimum atomic E-state index is -0.500. The number of hydrogen-bond acceptors (Lipinski definition) is 5. The van der Waals surface area contributed by atoms with E-state index in [2.05, 4.69) is 27.7 Å². The van der Waals surface area contributed by atoms with E-state index in [1.54, 1.807) is 24.3 Å². The number of nitrogens with zero attached hydrogens (tertiary/aromatic N) is 4. The number of hydrogen-bond donors (Lipinski definition) is 2. The van der Waals surface area contributed by atoms with Crippen LogP contribution in [0.5, 0.6) is 0 Å². The molecule has 0 unspecified atom stereocenters. The second kappa shape index (κ2) is 8.22. The Labute approximate surface area is 156 Å². The predicted molar refractivity (Wildman–Crippen MR) is 99.6 cm³/mol. The van der Waals surface area contributed by atoms with E-state index in [-0.39, 0.29) is 18.4 Å². The molecule has 0 fully saturated rings. The Morgan fingerprint density at radius 3 is 2.48 bits per heavy atom. The topological polar surface area (TPSA) is 116 Å². The summed E-state index contributed by atoms with van der Waals surface area (Å²) in [5.41, 5.74) is 7.47. The molecule has 0 bridgehead atoms. The summed E-state index contributed by atoms with van der Waals surface area (Å²) < 4.78 is 0. The molecule has 27 heavy (non-hydrogen) atoms. The smallest absolute Gasteiger partial charge is 0.248 e. The maximum Gasteiger partial charge on any atom is 0.248 e. The number of tetrazole rings is 1. The number of nitrogens with one attached hydrogen (secondary N) is 1. The lowest BCUT2D eigenvalue weighted by molar-refractivity contribution is -0.122. The molecule has 0 saturated heterocycles. The fourth-order valence-corrected chi connectivity index (χ4v) is 2.56. The van der Waals surface area contributed by atoms with Crippen LogP contribution in [0.25, 0.3) is 11.4 Å². The van der Waals surface area contributed by atoms with Gasteiger partial charge < -0.3 is 11.1 Å². The Morgan fingerprint density at radius 2 is 1.81 bits per heavy atom. The molecule has 0 radical (unpaired) electrons. The standard InChI is InChI=1S/C19H20N6O2/c1-13(14-5-3-2-4-6-14)11-21-17(26)12-25-23-19(22-24-25)16-9-7-15(8-10-16)18(20)27/h2-10,13H,11-12H2,1H3,(H2,20,27)(H,21,26)/t13-/m1/s1. The first-order valence-corrected chi connectivity index (χ1v) is 8.52. The van der Waals surface area contributed by atoms with E-state index in [0.29, 0.717) is 23.5 Å². The normalized spacial score (nSPS) is 11.7. The van der Waals surface area contributed by atoms with Crippen molar-refractivity contribution in [3.63, 3.8) is 0 Å². The third-order valence-corrected chi connectivity index (χ3v) is 4.14. The van der Waals surface area contributed by atoms with Gasteiger partial charge in [0.25, 0.3) is 0 Å². The summed E-state index contributed by atoms with van der Waals surface area (Å²) in [6, 6.07) is 16.5. The Hall–Kier alpha value is -3.55. The van der Waals surface area contributed by atoms with Crippen LogP contribution in [0, 0.1) is 0 Å². The largest absolute Gasteiger partial charge is 0.366 e. The van der Waals surface area contributed by atoms with Crippen LogP contribution in [0.3, 0.4) is 0 Å². The molecule has 1 heterocycles. The second-order valence-corrected chi connectivity index (χ2v) is 6.20. The number of carbonyl (C=O) groups is 2. The molecule has 2 amide bonds. The predicted octanol–water partition coefficient (Wildman–Crippen LogP) is 1.36. The van der Waals surface area contributed by atoms with E-state index in [1.807, 2.05) is 30.3 Å². The molecule has 0 saturated carbocycles. The maximum absolute atomic E-state index is 12.1. The van der Waals surface area contributed by atoms with Gasteiger partial charge in [-0.15, -0.1) is 10.2 Å². The molecule has 1 atom stereocenters. The monoisotopic (exact) mass is 364 g/mol. The molecular weight excluding hydrogens is 344 g/mol. The van der Waals surface area contributed by atoms with Gasteiger partial charge in [-0.3, -0.25) is 9.59 Å². The van der Waals surface area contributed by atoms with Crippen molar-refractivity contribution in [1.82, 2.24) is 25.5 Å². The molecule has 0 aliphatic carbocycles. The highest BCUT2D eigenvalue weighted by Crippen LogP contribution is 2.15. The fraction of sp³-hybridized carbons (Fsp3) is 0.211. The molecule has 0 spiro atoms. The van der Waals surface area contributed by atoms with Crippen molar-refractivity contribution in [3.8, 4) is 11.4 Å². The van der Waals surface area contributed by atoms with E-state index in [9.17, 15) is 9.59 Å². The molecule has 138 valence electrons. The van der Waals surface area contributed by atoms with Crippen LogP contribution in [0.15, 0.2) is 54.6 Å². The third-order valence-electron chi connectivity index (χ3n) is 4.14. The van der Waals surface area contributed by atoms with Gasteiger partial charge in [-0.25, -0.2) is 0 Å². The highest BCUT2D eigenvalue weighted by molar-refractivity contribution is 5.93. The summed E-state index contributed by atoms with van der Waals surface area (Å²) in [6.07, 6.45) is 0. The molecule has 3 aromatic rings. The second-order valence-electron chi connectivity index (χ2n) is 6.20. The van der Waals surface area contributed by atoms with E-state index in [4.69, 9.17) is 5.73 Å². The van der Waals surface area contributed by atoms with Crippen LogP contribution in [0.1, 0.15) is 28.8 Å². The zero-order valence-electron chi connectivity index (χ0n) is 14.9. The van der Waals surface area contributed by atoms with Crippen molar-refractivity contribution >= 4 is 11.8 Å².